The quantitative estimate of drug-likeness (QED) is 0.417. The zero-order chi connectivity index (χ0) is 23.2. The van der Waals surface area contributed by atoms with Crippen molar-refractivity contribution in [1.82, 2.24) is 9.38 Å². The van der Waals surface area contributed by atoms with Gasteiger partial charge in [-0.2, -0.15) is 0 Å². The molecule has 0 radical (unpaired) electrons. The number of fused-ring (bicyclic) bond motifs is 1. The largest absolute Gasteiger partial charge is 0.493 e. The lowest BCUT2D eigenvalue weighted by atomic mass is 10.1. The van der Waals surface area contributed by atoms with Gasteiger partial charge in [-0.3, -0.25) is 9.59 Å². The van der Waals surface area contributed by atoms with Crippen molar-refractivity contribution in [3.8, 4) is 11.5 Å². The molecule has 0 aliphatic heterocycles. The fraction of sp³-hybridized carbons (Fsp3) is 0.160. The van der Waals surface area contributed by atoms with Crippen LogP contribution in [0, 0.1) is 0 Å². The Balaban J connectivity index is 1.47. The number of aromatic nitrogens is 2. The molecule has 2 heterocycles. The Bertz CT molecular complexity index is 1270. The van der Waals surface area contributed by atoms with Gasteiger partial charge in [0.25, 0.3) is 5.91 Å². The van der Waals surface area contributed by atoms with Crippen molar-refractivity contribution < 1.29 is 19.1 Å². The maximum absolute atomic E-state index is 12.8. The van der Waals surface area contributed by atoms with Crippen LogP contribution >= 0.6 is 0 Å². The highest BCUT2D eigenvalue weighted by Gasteiger charge is 2.12. The average Bonchev–Trinajstić information content (AvgIpc) is 3.26. The molecule has 0 atom stereocenters. The molecule has 0 fully saturated rings. The van der Waals surface area contributed by atoms with Gasteiger partial charge in [-0.25, -0.2) is 4.98 Å². The standard InChI is InChI=1S/C25H24N4O4/c1-3-24(30)27-18-8-6-7-17(13-18)25(31)28-19-10-11-21(32-2)22(14-19)33-16-20-15-29-12-5-4-9-23(29)26-20/h4-15H,3,16H2,1-2H3,(H,27,30)(H,28,31). The first-order chi connectivity index (χ1) is 16.1. The minimum absolute atomic E-state index is 0.116. The Hall–Kier alpha value is -4.33. The highest BCUT2D eigenvalue weighted by atomic mass is 16.5. The summed E-state index contributed by atoms with van der Waals surface area (Å²) in [7, 11) is 1.56. The molecule has 0 aliphatic rings. The topological polar surface area (TPSA) is 94.0 Å². The van der Waals surface area contributed by atoms with Gasteiger partial charge in [-0.05, 0) is 42.5 Å². The van der Waals surface area contributed by atoms with Crippen molar-refractivity contribution in [2.45, 2.75) is 20.0 Å². The minimum atomic E-state index is -0.306. The number of carbonyl (C=O) groups is 2. The van der Waals surface area contributed by atoms with Crippen molar-refractivity contribution in [2.75, 3.05) is 17.7 Å². The van der Waals surface area contributed by atoms with Crippen LogP contribution in [0.4, 0.5) is 11.4 Å². The number of anilines is 2. The summed E-state index contributed by atoms with van der Waals surface area (Å²) >= 11 is 0. The number of amides is 2. The van der Waals surface area contributed by atoms with E-state index < -0.39 is 0 Å². The Morgan fingerprint density at radius 2 is 1.82 bits per heavy atom. The summed E-state index contributed by atoms with van der Waals surface area (Å²) in [5.41, 5.74) is 3.14. The van der Waals surface area contributed by atoms with E-state index in [1.807, 2.05) is 35.0 Å². The number of rotatable bonds is 8. The fourth-order valence-electron chi connectivity index (χ4n) is 3.27. The van der Waals surface area contributed by atoms with Gasteiger partial charge in [-0.1, -0.05) is 19.1 Å². The normalized spacial score (nSPS) is 10.6. The smallest absolute Gasteiger partial charge is 0.255 e. The second-order valence-corrected chi connectivity index (χ2v) is 7.29. The fourth-order valence-corrected chi connectivity index (χ4v) is 3.27. The summed E-state index contributed by atoms with van der Waals surface area (Å²) in [6.07, 6.45) is 4.18. The number of nitrogens with one attached hydrogen (secondary N) is 2. The van der Waals surface area contributed by atoms with E-state index in [-0.39, 0.29) is 18.4 Å². The van der Waals surface area contributed by atoms with Crippen molar-refractivity contribution in [2.24, 2.45) is 0 Å². The van der Waals surface area contributed by atoms with E-state index in [4.69, 9.17) is 9.47 Å². The molecule has 0 spiro atoms. The third kappa shape index (κ3) is 5.30. The molecule has 2 N–H and O–H groups in total. The lowest BCUT2D eigenvalue weighted by Crippen LogP contribution is -2.14. The van der Waals surface area contributed by atoms with Crippen LogP contribution in [0.3, 0.4) is 0 Å². The van der Waals surface area contributed by atoms with E-state index in [9.17, 15) is 9.59 Å². The molecule has 4 aromatic rings. The van der Waals surface area contributed by atoms with Gasteiger partial charge >= 0.3 is 0 Å². The van der Waals surface area contributed by atoms with E-state index in [0.717, 1.165) is 11.3 Å². The lowest BCUT2D eigenvalue weighted by Gasteiger charge is -2.13. The molecule has 0 saturated carbocycles. The number of carbonyl (C=O) groups excluding carboxylic acids is 2. The molecule has 0 unspecified atom stereocenters. The number of hydrogen-bond acceptors (Lipinski definition) is 5. The number of ether oxygens (including phenoxy) is 2. The Morgan fingerprint density at radius 1 is 0.970 bits per heavy atom. The summed E-state index contributed by atoms with van der Waals surface area (Å²) in [4.78, 5) is 28.9. The number of benzene rings is 2. The summed E-state index contributed by atoms with van der Waals surface area (Å²) in [5, 5.41) is 5.61. The molecule has 0 bridgehead atoms. The van der Waals surface area contributed by atoms with Crippen LogP contribution in [-0.2, 0) is 11.4 Å². The van der Waals surface area contributed by atoms with Gasteiger partial charge < -0.3 is 24.5 Å². The van der Waals surface area contributed by atoms with E-state index in [1.165, 1.54) is 0 Å². The SMILES string of the molecule is CCC(=O)Nc1cccc(C(=O)Nc2ccc(OC)c(OCc3cn4ccccc4n3)c2)c1. The van der Waals surface area contributed by atoms with Crippen LogP contribution in [0.15, 0.2) is 73.1 Å². The van der Waals surface area contributed by atoms with Crippen LogP contribution in [0.5, 0.6) is 11.5 Å². The van der Waals surface area contributed by atoms with Gasteiger partial charge in [0.05, 0.1) is 12.8 Å². The van der Waals surface area contributed by atoms with Crippen LogP contribution in [0.1, 0.15) is 29.4 Å². The average molecular weight is 444 g/mol. The number of methoxy groups -OCH3 is 1. The van der Waals surface area contributed by atoms with Gasteiger partial charge in [0.2, 0.25) is 5.91 Å². The number of hydrogen-bond donors (Lipinski definition) is 2. The molecule has 168 valence electrons. The van der Waals surface area contributed by atoms with Gasteiger partial charge in [0.1, 0.15) is 12.3 Å². The van der Waals surface area contributed by atoms with Crippen LogP contribution in [-0.4, -0.2) is 28.3 Å². The Labute approximate surface area is 191 Å². The predicted octanol–water partition coefficient (Wildman–Crippen LogP) is 4.52. The second kappa shape index (κ2) is 9.86. The van der Waals surface area contributed by atoms with E-state index >= 15 is 0 Å². The maximum atomic E-state index is 12.8. The van der Waals surface area contributed by atoms with E-state index in [1.54, 1.807) is 56.5 Å². The van der Waals surface area contributed by atoms with E-state index in [2.05, 4.69) is 15.6 Å². The van der Waals surface area contributed by atoms with Gasteiger partial charge in [0.15, 0.2) is 11.5 Å². The number of pyridine rings is 1. The zero-order valence-corrected chi connectivity index (χ0v) is 18.4. The molecule has 2 amide bonds. The van der Waals surface area contributed by atoms with Crippen molar-refractivity contribution in [3.05, 3.63) is 84.3 Å². The highest BCUT2D eigenvalue weighted by molar-refractivity contribution is 6.05. The van der Waals surface area contributed by atoms with Crippen LogP contribution in [0.2, 0.25) is 0 Å². The molecule has 0 saturated heterocycles. The highest BCUT2D eigenvalue weighted by Crippen LogP contribution is 2.31. The third-order valence-electron chi connectivity index (χ3n) is 4.94. The first-order valence-corrected chi connectivity index (χ1v) is 10.5. The predicted molar refractivity (Wildman–Crippen MR) is 126 cm³/mol. The second-order valence-electron chi connectivity index (χ2n) is 7.29. The molecular weight excluding hydrogens is 420 g/mol. The molecule has 2 aromatic heterocycles. The summed E-state index contributed by atoms with van der Waals surface area (Å²) < 4.78 is 13.3. The Kier molecular flexibility index (Phi) is 6.54. The Morgan fingerprint density at radius 3 is 2.61 bits per heavy atom. The monoisotopic (exact) mass is 444 g/mol. The van der Waals surface area contributed by atoms with Gasteiger partial charge in [-0.15, -0.1) is 0 Å². The first-order valence-electron chi connectivity index (χ1n) is 10.5. The molecule has 33 heavy (non-hydrogen) atoms. The third-order valence-corrected chi connectivity index (χ3v) is 4.94. The van der Waals surface area contributed by atoms with Crippen LogP contribution < -0.4 is 20.1 Å². The van der Waals surface area contributed by atoms with E-state index in [0.29, 0.717) is 34.9 Å². The molecule has 8 nitrogen and oxygen atoms in total. The molecule has 8 heteroatoms. The number of imidazole rings is 1. The summed E-state index contributed by atoms with van der Waals surface area (Å²) in [6.45, 7) is 2.01. The maximum Gasteiger partial charge on any atom is 0.255 e. The number of nitrogens with zero attached hydrogens (tertiary/aromatic N) is 2. The van der Waals surface area contributed by atoms with Crippen molar-refractivity contribution in [1.29, 1.82) is 0 Å². The summed E-state index contributed by atoms with van der Waals surface area (Å²) in [5.74, 6) is 0.603. The zero-order valence-electron chi connectivity index (χ0n) is 18.4. The van der Waals surface area contributed by atoms with Crippen molar-refractivity contribution >= 4 is 28.8 Å². The first kappa shape index (κ1) is 21.9. The van der Waals surface area contributed by atoms with Crippen molar-refractivity contribution in [3.63, 3.8) is 0 Å². The molecule has 4 rings (SSSR count). The summed E-state index contributed by atoms with van der Waals surface area (Å²) in [6, 6.07) is 17.7. The lowest BCUT2D eigenvalue weighted by molar-refractivity contribution is -0.115. The molecule has 2 aromatic carbocycles. The van der Waals surface area contributed by atoms with Gasteiger partial charge in [0, 0.05) is 41.8 Å². The molecule has 0 aliphatic carbocycles. The van der Waals surface area contributed by atoms with Crippen LogP contribution in [0.25, 0.3) is 5.65 Å². The minimum Gasteiger partial charge on any atom is -0.493 e. The molecular formula is C25H24N4O4.